The van der Waals surface area contributed by atoms with Crippen molar-refractivity contribution in [3.63, 3.8) is 0 Å². The number of nitrogens with zero attached hydrogens (tertiary/aromatic N) is 1. The van der Waals surface area contributed by atoms with Gasteiger partial charge in [-0.25, -0.2) is 4.79 Å². The van der Waals surface area contributed by atoms with Gasteiger partial charge in [0.2, 0.25) is 0 Å². The highest BCUT2D eigenvalue weighted by molar-refractivity contribution is 6.11. The van der Waals surface area contributed by atoms with Crippen LogP contribution in [0.25, 0.3) is 0 Å². The van der Waals surface area contributed by atoms with Crippen LogP contribution in [0.4, 0.5) is 11.4 Å². The Morgan fingerprint density at radius 3 is 2.38 bits per heavy atom. The summed E-state index contributed by atoms with van der Waals surface area (Å²) >= 11 is 0. The second-order valence-electron chi connectivity index (χ2n) is 7.43. The number of ketones is 1. The number of anilines is 2. The van der Waals surface area contributed by atoms with E-state index in [0.717, 1.165) is 11.3 Å². The molecule has 0 fully saturated rings. The molecule has 6 heteroatoms. The van der Waals surface area contributed by atoms with Crippen molar-refractivity contribution in [2.24, 2.45) is 0 Å². The Balaban J connectivity index is 1.64. The Morgan fingerprint density at radius 1 is 1.03 bits per heavy atom. The number of phenolic OH excluding ortho intramolecular Hbond substituents is 1. The topological polar surface area (TPSA) is 78.9 Å². The molecule has 0 spiro atoms. The zero-order chi connectivity index (χ0) is 23.1. The van der Waals surface area contributed by atoms with E-state index in [1.165, 1.54) is 6.07 Å². The maximum atomic E-state index is 12.7. The Bertz CT molecular complexity index is 1110. The number of hydrogen-bond donors (Lipinski definition) is 2. The van der Waals surface area contributed by atoms with Crippen LogP contribution in [-0.4, -0.2) is 30.5 Å². The van der Waals surface area contributed by atoms with E-state index >= 15 is 0 Å². The van der Waals surface area contributed by atoms with E-state index in [4.69, 9.17) is 4.74 Å². The molecule has 0 amide bonds. The van der Waals surface area contributed by atoms with Crippen LogP contribution in [0.15, 0.2) is 84.9 Å². The van der Waals surface area contributed by atoms with Gasteiger partial charge in [-0.2, -0.15) is 0 Å². The number of ether oxygens (including phenoxy) is 1. The molecule has 0 aliphatic carbocycles. The minimum absolute atomic E-state index is 0.0660. The number of carbonyl (C=O) groups is 2. The number of rotatable bonds is 9. The van der Waals surface area contributed by atoms with Gasteiger partial charge in [0.15, 0.2) is 5.78 Å². The van der Waals surface area contributed by atoms with Crippen LogP contribution in [0.1, 0.15) is 28.4 Å². The van der Waals surface area contributed by atoms with Gasteiger partial charge in [0, 0.05) is 24.6 Å². The molecular weight excluding hydrogens is 404 g/mol. The first-order valence-corrected chi connectivity index (χ1v) is 10.2. The predicted octanol–water partition coefficient (Wildman–Crippen LogP) is 4.75. The molecule has 0 aliphatic heterocycles. The lowest BCUT2D eigenvalue weighted by atomic mass is 10.0. The summed E-state index contributed by atoms with van der Waals surface area (Å²) in [4.78, 5) is 24.2. The third-order valence-corrected chi connectivity index (χ3v) is 4.87. The van der Waals surface area contributed by atoms with E-state index in [1.54, 1.807) is 43.3 Å². The number of phenols is 1. The quantitative estimate of drug-likeness (QED) is 0.168. The fraction of sp³-hybridized carbons (Fsp3) is 0.154. The lowest BCUT2D eigenvalue weighted by Gasteiger charge is -2.22. The molecule has 0 saturated carbocycles. The summed E-state index contributed by atoms with van der Waals surface area (Å²) < 4.78 is 5.13. The van der Waals surface area contributed by atoms with Gasteiger partial charge in [0.25, 0.3) is 0 Å². The second-order valence-corrected chi connectivity index (χ2v) is 7.43. The van der Waals surface area contributed by atoms with Crippen molar-refractivity contribution >= 4 is 23.1 Å². The number of benzene rings is 3. The van der Waals surface area contributed by atoms with E-state index in [9.17, 15) is 14.7 Å². The summed E-state index contributed by atoms with van der Waals surface area (Å²) in [5, 5.41) is 12.0. The second kappa shape index (κ2) is 10.3. The Labute approximate surface area is 187 Å². The highest BCUT2D eigenvalue weighted by Crippen LogP contribution is 2.25. The molecule has 3 aromatic rings. The van der Waals surface area contributed by atoms with Gasteiger partial charge in [-0.15, -0.1) is 0 Å². The van der Waals surface area contributed by atoms with E-state index in [0.29, 0.717) is 29.9 Å². The van der Waals surface area contributed by atoms with E-state index in [-0.39, 0.29) is 23.1 Å². The maximum absolute atomic E-state index is 12.7. The van der Waals surface area contributed by atoms with Gasteiger partial charge in [0.05, 0.1) is 23.5 Å². The van der Waals surface area contributed by atoms with Crippen LogP contribution >= 0.6 is 0 Å². The highest BCUT2D eigenvalue weighted by Gasteiger charge is 2.14. The fourth-order valence-corrected chi connectivity index (χ4v) is 3.06. The third-order valence-electron chi connectivity index (χ3n) is 4.87. The average Bonchev–Trinajstić information content (AvgIpc) is 2.80. The number of aromatic hydroxyl groups is 1. The molecule has 6 nitrogen and oxygen atoms in total. The molecule has 0 unspecified atom stereocenters. The fourth-order valence-electron chi connectivity index (χ4n) is 3.06. The Hall–Kier alpha value is -4.06. The minimum atomic E-state index is -0.385. The molecule has 0 heterocycles. The van der Waals surface area contributed by atoms with E-state index in [2.05, 4.69) is 12.0 Å². The summed E-state index contributed by atoms with van der Waals surface area (Å²) in [5.41, 5.74) is 6.95. The third kappa shape index (κ3) is 5.76. The Kier molecular flexibility index (Phi) is 7.29. The van der Waals surface area contributed by atoms with Crippen LogP contribution in [0.5, 0.6) is 5.75 Å². The van der Waals surface area contributed by atoms with Crippen LogP contribution in [0.2, 0.25) is 0 Å². The normalized spacial score (nSPS) is 10.3. The van der Waals surface area contributed by atoms with Gasteiger partial charge < -0.3 is 9.84 Å². The van der Waals surface area contributed by atoms with Gasteiger partial charge in [-0.05, 0) is 42.8 Å². The van der Waals surface area contributed by atoms with E-state index in [1.807, 2.05) is 42.4 Å². The number of hydrazine groups is 1. The molecule has 0 radical (unpaired) electrons. The van der Waals surface area contributed by atoms with Gasteiger partial charge in [0.1, 0.15) is 5.75 Å². The molecule has 164 valence electrons. The number of nitrogens with one attached hydrogen (secondary N) is 1. The monoisotopic (exact) mass is 430 g/mol. The van der Waals surface area contributed by atoms with Crippen molar-refractivity contribution < 1.29 is 19.4 Å². The van der Waals surface area contributed by atoms with Crippen molar-refractivity contribution in [1.29, 1.82) is 0 Å². The van der Waals surface area contributed by atoms with Crippen molar-refractivity contribution in [3.8, 4) is 5.75 Å². The lowest BCUT2D eigenvalue weighted by Crippen LogP contribution is -2.24. The molecule has 3 rings (SSSR count). The Morgan fingerprint density at radius 2 is 1.72 bits per heavy atom. The molecular formula is C26H26N2O4. The number of esters is 1. The number of carbonyl (C=O) groups excluding carboxylic acids is 2. The summed E-state index contributed by atoms with van der Waals surface area (Å²) in [7, 11) is 1.86. The predicted molar refractivity (Wildman–Crippen MR) is 126 cm³/mol. The zero-order valence-electron chi connectivity index (χ0n) is 18.2. The van der Waals surface area contributed by atoms with Crippen LogP contribution in [0.3, 0.4) is 0 Å². The molecule has 0 saturated heterocycles. The van der Waals surface area contributed by atoms with Crippen LogP contribution < -0.4 is 10.4 Å². The van der Waals surface area contributed by atoms with Crippen molar-refractivity contribution in [3.05, 3.63) is 102 Å². The van der Waals surface area contributed by atoms with E-state index < -0.39 is 0 Å². The zero-order valence-corrected chi connectivity index (χ0v) is 18.2. The maximum Gasteiger partial charge on any atom is 0.333 e. The molecule has 0 bridgehead atoms. The summed E-state index contributed by atoms with van der Waals surface area (Å²) in [6.07, 6.45) is 0.610. The van der Waals surface area contributed by atoms with Gasteiger partial charge in [-0.3, -0.25) is 15.2 Å². The first-order valence-electron chi connectivity index (χ1n) is 10.2. The standard InChI is InChI=1S/C26H26N2O4/c1-18(2)26(31)32-16-15-19-9-12-22(13-10-19)28(3)27-21-11-14-24(29)23(17-21)25(30)20-7-5-4-6-8-20/h4-14,17,27,29H,1,15-16H2,2-3H3. The summed E-state index contributed by atoms with van der Waals surface area (Å²) in [6.45, 7) is 5.48. The van der Waals surface area contributed by atoms with Gasteiger partial charge >= 0.3 is 5.97 Å². The van der Waals surface area contributed by atoms with Crippen LogP contribution in [-0.2, 0) is 16.0 Å². The SMILES string of the molecule is C=C(C)C(=O)OCCc1ccc(N(C)Nc2ccc(O)c(C(=O)c3ccccc3)c2)cc1. The first-order chi connectivity index (χ1) is 15.3. The largest absolute Gasteiger partial charge is 0.507 e. The smallest absolute Gasteiger partial charge is 0.333 e. The lowest BCUT2D eigenvalue weighted by molar-refractivity contribution is -0.138. The first kappa shape index (κ1) is 22.6. The van der Waals surface area contributed by atoms with Crippen molar-refractivity contribution in [2.75, 3.05) is 24.1 Å². The van der Waals surface area contributed by atoms with Crippen LogP contribution in [0, 0.1) is 0 Å². The summed E-state index contributed by atoms with van der Waals surface area (Å²) in [5.74, 6) is -0.695. The molecule has 32 heavy (non-hydrogen) atoms. The molecule has 0 atom stereocenters. The molecule has 3 aromatic carbocycles. The highest BCUT2D eigenvalue weighted by atomic mass is 16.5. The number of hydrogen-bond acceptors (Lipinski definition) is 6. The molecule has 2 N–H and O–H groups in total. The van der Waals surface area contributed by atoms with Gasteiger partial charge in [-0.1, -0.05) is 49.0 Å². The minimum Gasteiger partial charge on any atom is -0.507 e. The average molecular weight is 431 g/mol. The molecule has 0 aliphatic rings. The van der Waals surface area contributed by atoms with Crippen molar-refractivity contribution in [2.45, 2.75) is 13.3 Å². The van der Waals surface area contributed by atoms with Crippen molar-refractivity contribution in [1.82, 2.24) is 0 Å². The summed E-state index contributed by atoms with van der Waals surface area (Å²) in [6, 6.07) is 21.5. The molecule has 0 aromatic heterocycles.